The van der Waals surface area contributed by atoms with E-state index in [-0.39, 0.29) is 17.5 Å². The Balaban J connectivity index is 2.17. The van der Waals surface area contributed by atoms with Crippen molar-refractivity contribution < 1.29 is 4.79 Å². The van der Waals surface area contributed by atoms with E-state index in [1.165, 1.54) is 0 Å². The number of nitrogens with two attached hydrogens (primary N) is 1. The number of rotatable bonds is 5. The van der Waals surface area contributed by atoms with Crippen LogP contribution in [0.2, 0.25) is 0 Å². The van der Waals surface area contributed by atoms with E-state index in [0.29, 0.717) is 23.5 Å². The monoisotopic (exact) mass is 301 g/mol. The molecule has 5 heteroatoms. The lowest BCUT2D eigenvalue weighted by Gasteiger charge is -2.21. The van der Waals surface area contributed by atoms with Gasteiger partial charge in [0.1, 0.15) is 5.69 Å². The van der Waals surface area contributed by atoms with Gasteiger partial charge >= 0.3 is 0 Å². The molecular weight excluding hydrogens is 278 g/mol. The summed E-state index contributed by atoms with van der Waals surface area (Å²) in [7, 11) is 1.73. The second kappa shape index (κ2) is 6.75. The van der Waals surface area contributed by atoms with Crippen LogP contribution in [-0.2, 0) is 0 Å². The molecule has 0 fully saturated rings. The minimum absolute atomic E-state index is 0.0610. The molecular formula is C17H23N3O2. The maximum absolute atomic E-state index is 12.4. The molecule has 0 spiro atoms. The minimum atomic E-state index is -0.242. The third-order valence-electron chi connectivity index (χ3n) is 3.98. The number of aromatic amines is 1. The van der Waals surface area contributed by atoms with Crippen LogP contribution in [0.1, 0.15) is 30.8 Å². The highest BCUT2D eigenvalue weighted by Gasteiger charge is 2.16. The van der Waals surface area contributed by atoms with Crippen LogP contribution in [0.5, 0.6) is 0 Å². The fourth-order valence-electron chi connectivity index (χ4n) is 2.31. The maximum Gasteiger partial charge on any atom is 0.270 e. The Morgan fingerprint density at radius 3 is 2.68 bits per heavy atom. The molecule has 0 bridgehead atoms. The molecule has 1 amide bonds. The largest absolute Gasteiger partial charge is 0.340 e. The van der Waals surface area contributed by atoms with E-state index < -0.39 is 0 Å². The normalized spacial score (nSPS) is 12.6. The molecule has 0 aliphatic carbocycles. The van der Waals surface area contributed by atoms with Crippen molar-refractivity contribution in [2.45, 2.75) is 26.3 Å². The molecule has 22 heavy (non-hydrogen) atoms. The van der Waals surface area contributed by atoms with Crippen molar-refractivity contribution in [2.75, 3.05) is 13.6 Å². The summed E-state index contributed by atoms with van der Waals surface area (Å²) in [5.41, 5.74) is 6.07. The van der Waals surface area contributed by atoms with E-state index in [1.54, 1.807) is 30.1 Å². The number of aromatic nitrogens is 1. The summed E-state index contributed by atoms with van der Waals surface area (Å²) < 4.78 is 0. The maximum atomic E-state index is 12.4. The predicted molar refractivity (Wildman–Crippen MR) is 89.0 cm³/mol. The molecule has 0 aliphatic heterocycles. The lowest BCUT2D eigenvalue weighted by atomic mass is 10.0. The Morgan fingerprint density at radius 2 is 2.00 bits per heavy atom. The van der Waals surface area contributed by atoms with Gasteiger partial charge in [0.15, 0.2) is 0 Å². The van der Waals surface area contributed by atoms with Crippen molar-refractivity contribution in [3.8, 4) is 0 Å². The van der Waals surface area contributed by atoms with Crippen molar-refractivity contribution in [1.82, 2.24) is 9.88 Å². The number of amides is 1. The number of carbonyl (C=O) groups is 1. The van der Waals surface area contributed by atoms with Crippen molar-refractivity contribution in [2.24, 2.45) is 11.7 Å². The summed E-state index contributed by atoms with van der Waals surface area (Å²) in [4.78, 5) is 28.7. The van der Waals surface area contributed by atoms with Gasteiger partial charge < -0.3 is 15.6 Å². The Morgan fingerprint density at radius 1 is 1.32 bits per heavy atom. The van der Waals surface area contributed by atoms with E-state index in [9.17, 15) is 9.59 Å². The molecule has 2 aromatic rings. The molecule has 1 atom stereocenters. The predicted octanol–water partition coefficient (Wildman–Crippen LogP) is 1.97. The zero-order valence-electron chi connectivity index (χ0n) is 13.3. The van der Waals surface area contributed by atoms with Gasteiger partial charge in [-0.05, 0) is 29.9 Å². The van der Waals surface area contributed by atoms with Crippen LogP contribution in [0.15, 0.2) is 35.1 Å². The van der Waals surface area contributed by atoms with Crippen LogP contribution in [0.3, 0.4) is 0 Å². The lowest BCUT2D eigenvalue weighted by Crippen LogP contribution is -2.35. The van der Waals surface area contributed by atoms with Gasteiger partial charge in [-0.2, -0.15) is 0 Å². The standard InChI is InChI=1S/C17H23N3O2/c1-11(2)14(18)8-9-20(3)17(22)15-10-12-6-4-5-7-13(12)16(21)19-15/h4-7,10-11,14H,8-9,18H2,1-3H3,(H,19,21). The smallest absolute Gasteiger partial charge is 0.270 e. The summed E-state index contributed by atoms with van der Waals surface area (Å²) >= 11 is 0. The van der Waals surface area contributed by atoms with Crippen LogP contribution in [0.4, 0.5) is 0 Å². The van der Waals surface area contributed by atoms with Crippen LogP contribution in [0, 0.1) is 5.92 Å². The number of benzene rings is 1. The molecule has 0 radical (unpaired) electrons. The first-order valence-corrected chi connectivity index (χ1v) is 7.53. The van der Waals surface area contributed by atoms with E-state index in [4.69, 9.17) is 5.73 Å². The summed E-state index contributed by atoms with van der Waals surface area (Å²) in [5, 5.41) is 1.35. The first kappa shape index (κ1) is 16.2. The zero-order valence-corrected chi connectivity index (χ0v) is 13.3. The number of carbonyl (C=O) groups excluding carboxylic acids is 1. The Hall–Kier alpha value is -2.14. The molecule has 0 saturated carbocycles. The van der Waals surface area contributed by atoms with E-state index in [1.807, 2.05) is 12.1 Å². The average Bonchev–Trinajstić information content (AvgIpc) is 2.51. The van der Waals surface area contributed by atoms with Crippen molar-refractivity contribution in [3.63, 3.8) is 0 Å². The molecule has 118 valence electrons. The zero-order chi connectivity index (χ0) is 16.3. The summed E-state index contributed by atoms with van der Waals surface area (Å²) in [6.45, 7) is 4.69. The number of nitrogens with zero attached hydrogens (tertiary/aromatic N) is 1. The number of hydrogen-bond donors (Lipinski definition) is 2. The molecule has 1 heterocycles. The van der Waals surface area contributed by atoms with Gasteiger partial charge in [-0.25, -0.2) is 0 Å². The van der Waals surface area contributed by atoms with E-state index >= 15 is 0 Å². The highest BCUT2D eigenvalue weighted by molar-refractivity contribution is 5.96. The van der Waals surface area contributed by atoms with Crippen LogP contribution in [0.25, 0.3) is 10.8 Å². The Bertz CT molecular complexity index is 721. The van der Waals surface area contributed by atoms with Crippen molar-refractivity contribution >= 4 is 16.7 Å². The summed E-state index contributed by atoms with van der Waals surface area (Å²) in [6.07, 6.45) is 0.734. The van der Waals surface area contributed by atoms with Gasteiger partial charge in [0.05, 0.1) is 0 Å². The second-order valence-corrected chi connectivity index (χ2v) is 6.02. The molecule has 0 saturated heterocycles. The van der Waals surface area contributed by atoms with Gasteiger partial charge in [-0.3, -0.25) is 9.59 Å². The minimum Gasteiger partial charge on any atom is -0.340 e. The average molecular weight is 301 g/mol. The topological polar surface area (TPSA) is 79.2 Å². The third kappa shape index (κ3) is 3.54. The van der Waals surface area contributed by atoms with Gasteiger partial charge in [0, 0.05) is 25.0 Å². The number of hydrogen-bond acceptors (Lipinski definition) is 3. The molecule has 3 N–H and O–H groups in total. The van der Waals surface area contributed by atoms with Gasteiger partial charge in [-0.1, -0.05) is 32.0 Å². The van der Waals surface area contributed by atoms with Crippen molar-refractivity contribution in [1.29, 1.82) is 0 Å². The number of nitrogens with one attached hydrogen (secondary N) is 1. The highest BCUT2D eigenvalue weighted by Crippen LogP contribution is 2.11. The lowest BCUT2D eigenvalue weighted by molar-refractivity contribution is 0.0783. The third-order valence-corrected chi connectivity index (χ3v) is 3.98. The molecule has 0 aliphatic rings. The number of pyridine rings is 1. The molecule has 1 aromatic carbocycles. The fraction of sp³-hybridized carbons (Fsp3) is 0.412. The van der Waals surface area contributed by atoms with Crippen molar-refractivity contribution in [3.05, 3.63) is 46.4 Å². The second-order valence-electron chi connectivity index (χ2n) is 6.02. The van der Waals surface area contributed by atoms with Crippen LogP contribution >= 0.6 is 0 Å². The quantitative estimate of drug-likeness (QED) is 0.886. The first-order valence-electron chi connectivity index (χ1n) is 7.53. The highest BCUT2D eigenvalue weighted by atomic mass is 16.2. The molecule has 1 unspecified atom stereocenters. The Labute approximate surface area is 130 Å². The summed E-state index contributed by atoms with van der Waals surface area (Å²) in [5.74, 6) is 0.183. The van der Waals surface area contributed by atoms with Crippen LogP contribution < -0.4 is 11.3 Å². The van der Waals surface area contributed by atoms with Gasteiger partial charge in [-0.15, -0.1) is 0 Å². The van der Waals surface area contributed by atoms with Crippen LogP contribution in [-0.4, -0.2) is 35.4 Å². The number of H-pyrrole nitrogens is 1. The SMILES string of the molecule is CC(C)C(N)CCN(C)C(=O)c1cc2ccccc2c(=O)[nH]1. The van der Waals surface area contributed by atoms with Gasteiger partial charge in [0.2, 0.25) is 0 Å². The van der Waals surface area contributed by atoms with E-state index in [2.05, 4.69) is 18.8 Å². The molecule has 2 rings (SSSR count). The first-order chi connectivity index (χ1) is 10.4. The molecule has 1 aromatic heterocycles. The number of fused-ring (bicyclic) bond motifs is 1. The fourth-order valence-corrected chi connectivity index (χ4v) is 2.31. The van der Waals surface area contributed by atoms with Gasteiger partial charge in [0.25, 0.3) is 11.5 Å². The summed E-state index contributed by atoms with van der Waals surface area (Å²) in [6, 6.07) is 9.01. The Kier molecular flexibility index (Phi) is 4.98. The van der Waals surface area contributed by atoms with E-state index in [0.717, 1.165) is 11.8 Å². The molecule has 5 nitrogen and oxygen atoms in total.